The van der Waals surface area contributed by atoms with E-state index in [-0.39, 0.29) is 0 Å². The Bertz CT molecular complexity index is 320. The molecule has 1 aliphatic heterocycles. The van der Waals surface area contributed by atoms with Crippen molar-refractivity contribution in [2.24, 2.45) is 0 Å². The highest BCUT2D eigenvalue weighted by Crippen LogP contribution is 2.15. The second kappa shape index (κ2) is 5.30. The summed E-state index contributed by atoms with van der Waals surface area (Å²) in [6, 6.07) is 4.83. The topological polar surface area (TPSA) is 28.2 Å². The Kier molecular flexibility index (Phi) is 3.78. The van der Waals surface area contributed by atoms with Gasteiger partial charge in [0.25, 0.3) is 0 Å². The molecular formula is C13H21N3. The first-order valence-corrected chi connectivity index (χ1v) is 6.12. The van der Waals surface area contributed by atoms with Crippen LogP contribution >= 0.6 is 0 Å². The van der Waals surface area contributed by atoms with Gasteiger partial charge >= 0.3 is 0 Å². The number of aromatic nitrogens is 1. The van der Waals surface area contributed by atoms with E-state index in [0.717, 1.165) is 17.9 Å². The number of nitrogens with one attached hydrogen (secondary N) is 1. The third kappa shape index (κ3) is 2.95. The molecule has 88 valence electrons. The molecule has 1 saturated heterocycles. The van der Waals surface area contributed by atoms with E-state index in [1.807, 2.05) is 19.2 Å². The summed E-state index contributed by atoms with van der Waals surface area (Å²) < 4.78 is 0. The van der Waals surface area contributed by atoms with Crippen LogP contribution in [-0.2, 0) is 0 Å². The second-order valence-electron chi connectivity index (χ2n) is 4.70. The van der Waals surface area contributed by atoms with Crippen LogP contribution in [0.5, 0.6) is 0 Å². The van der Waals surface area contributed by atoms with Gasteiger partial charge in [-0.2, -0.15) is 0 Å². The van der Waals surface area contributed by atoms with Gasteiger partial charge < -0.3 is 10.2 Å². The van der Waals surface area contributed by atoms with Crippen molar-refractivity contribution in [1.29, 1.82) is 0 Å². The quantitative estimate of drug-likeness (QED) is 0.845. The number of likely N-dealkylation sites (N-methyl/N-ethyl adjacent to an activating group) is 1. The van der Waals surface area contributed by atoms with Gasteiger partial charge in [-0.15, -0.1) is 0 Å². The number of piperidine rings is 1. The molecule has 0 spiro atoms. The summed E-state index contributed by atoms with van der Waals surface area (Å²) in [5, 5.41) is 3.47. The van der Waals surface area contributed by atoms with E-state index in [4.69, 9.17) is 0 Å². The lowest BCUT2D eigenvalue weighted by Crippen LogP contribution is -2.40. The molecule has 0 amide bonds. The number of hydrogen-bond donors (Lipinski definition) is 1. The van der Waals surface area contributed by atoms with Crippen LogP contribution in [-0.4, -0.2) is 36.1 Å². The van der Waals surface area contributed by atoms with Crippen LogP contribution in [0.1, 0.15) is 25.0 Å². The molecule has 0 saturated carbocycles. The van der Waals surface area contributed by atoms with Gasteiger partial charge in [0.05, 0.1) is 11.9 Å². The van der Waals surface area contributed by atoms with Crippen molar-refractivity contribution in [1.82, 2.24) is 9.88 Å². The molecule has 3 heteroatoms. The molecule has 0 aromatic carbocycles. The second-order valence-corrected chi connectivity index (χ2v) is 4.70. The summed E-state index contributed by atoms with van der Waals surface area (Å²) in [4.78, 5) is 6.74. The highest BCUT2D eigenvalue weighted by atomic mass is 15.2. The summed E-state index contributed by atoms with van der Waals surface area (Å²) in [5.74, 6) is 0. The lowest BCUT2D eigenvalue weighted by molar-refractivity contribution is 0.194. The summed E-state index contributed by atoms with van der Waals surface area (Å²) in [6.07, 6.45) is 5.93. The Morgan fingerprint density at radius 3 is 3.00 bits per heavy atom. The van der Waals surface area contributed by atoms with Crippen molar-refractivity contribution >= 4 is 5.69 Å². The van der Waals surface area contributed by atoms with Gasteiger partial charge in [0.2, 0.25) is 0 Å². The number of rotatable bonds is 3. The maximum absolute atomic E-state index is 4.29. The van der Waals surface area contributed by atoms with E-state index in [1.54, 1.807) is 0 Å². The van der Waals surface area contributed by atoms with E-state index in [9.17, 15) is 0 Å². The maximum Gasteiger partial charge on any atom is 0.0527 e. The zero-order valence-electron chi connectivity index (χ0n) is 10.2. The van der Waals surface area contributed by atoms with Gasteiger partial charge in [-0.05, 0) is 45.5 Å². The van der Waals surface area contributed by atoms with Crippen molar-refractivity contribution < 1.29 is 0 Å². The third-order valence-corrected chi connectivity index (χ3v) is 3.37. The molecule has 1 fully saturated rings. The number of likely N-dealkylation sites (tertiary alicyclic amines) is 1. The smallest absolute Gasteiger partial charge is 0.0527 e. The van der Waals surface area contributed by atoms with Gasteiger partial charge in [-0.1, -0.05) is 6.42 Å². The zero-order valence-corrected chi connectivity index (χ0v) is 10.2. The Hall–Kier alpha value is -1.09. The first-order valence-electron chi connectivity index (χ1n) is 6.12. The molecule has 2 rings (SSSR count). The van der Waals surface area contributed by atoms with Crippen LogP contribution in [0.4, 0.5) is 5.69 Å². The van der Waals surface area contributed by atoms with Gasteiger partial charge in [-0.3, -0.25) is 4.98 Å². The lowest BCUT2D eigenvalue weighted by Gasteiger charge is -2.32. The Morgan fingerprint density at radius 2 is 2.31 bits per heavy atom. The van der Waals surface area contributed by atoms with Crippen LogP contribution in [0.25, 0.3) is 0 Å². The average molecular weight is 219 g/mol. The highest BCUT2D eigenvalue weighted by Gasteiger charge is 2.18. The zero-order chi connectivity index (χ0) is 11.4. The SMILES string of the molecule is Cc1ccc(NCC2CCCCN2C)cn1. The van der Waals surface area contributed by atoms with Gasteiger partial charge in [0.15, 0.2) is 0 Å². The van der Waals surface area contributed by atoms with E-state index in [2.05, 4.69) is 28.3 Å². The predicted octanol–water partition coefficient (Wildman–Crippen LogP) is 2.29. The first kappa shape index (κ1) is 11.4. The van der Waals surface area contributed by atoms with Crippen molar-refractivity contribution in [3.8, 4) is 0 Å². The summed E-state index contributed by atoms with van der Waals surface area (Å²) in [5.41, 5.74) is 2.20. The molecule has 1 aliphatic rings. The molecule has 16 heavy (non-hydrogen) atoms. The van der Waals surface area contributed by atoms with Gasteiger partial charge in [0.1, 0.15) is 0 Å². The fourth-order valence-corrected chi connectivity index (χ4v) is 2.21. The molecule has 1 aromatic heterocycles. The molecule has 1 atom stereocenters. The maximum atomic E-state index is 4.29. The van der Waals surface area contributed by atoms with Crippen LogP contribution in [0.3, 0.4) is 0 Å². The third-order valence-electron chi connectivity index (χ3n) is 3.37. The number of pyridine rings is 1. The van der Waals surface area contributed by atoms with Crippen molar-refractivity contribution in [2.75, 3.05) is 25.5 Å². The number of hydrogen-bond acceptors (Lipinski definition) is 3. The Morgan fingerprint density at radius 1 is 1.44 bits per heavy atom. The lowest BCUT2D eigenvalue weighted by atomic mass is 10.0. The molecule has 3 nitrogen and oxygen atoms in total. The largest absolute Gasteiger partial charge is 0.382 e. The number of anilines is 1. The first-order chi connectivity index (χ1) is 7.75. The normalized spacial score (nSPS) is 22.0. The molecular weight excluding hydrogens is 198 g/mol. The van der Waals surface area contributed by atoms with Gasteiger partial charge in [-0.25, -0.2) is 0 Å². The molecule has 2 heterocycles. The minimum Gasteiger partial charge on any atom is -0.382 e. The molecule has 1 unspecified atom stereocenters. The van der Waals surface area contributed by atoms with Crippen LogP contribution in [0, 0.1) is 6.92 Å². The minimum absolute atomic E-state index is 0.676. The highest BCUT2D eigenvalue weighted by molar-refractivity contribution is 5.40. The van der Waals surface area contributed by atoms with Crippen LogP contribution in [0.15, 0.2) is 18.3 Å². The van der Waals surface area contributed by atoms with E-state index >= 15 is 0 Å². The Labute approximate surface area is 97.9 Å². The Balaban J connectivity index is 1.84. The summed E-state index contributed by atoms with van der Waals surface area (Å²) in [6.45, 7) is 4.28. The summed E-state index contributed by atoms with van der Waals surface area (Å²) >= 11 is 0. The van der Waals surface area contributed by atoms with Crippen molar-refractivity contribution in [2.45, 2.75) is 32.2 Å². The van der Waals surface area contributed by atoms with Gasteiger partial charge in [0, 0.05) is 18.3 Å². The number of nitrogens with zero attached hydrogens (tertiary/aromatic N) is 2. The van der Waals surface area contributed by atoms with Crippen molar-refractivity contribution in [3.63, 3.8) is 0 Å². The minimum atomic E-state index is 0.676. The van der Waals surface area contributed by atoms with Crippen LogP contribution < -0.4 is 5.32 Å². The molecule has 0 bridgehead atoms. The monoisotopic (exact) mass is 219 g/mol. The molecule has 0 aliphatic carbocycles. The standard InChI is InChI=1S/C13H21N3/c1-11-6-7-12(9-14-11)15-10-13-5-3-4-8-16(13)2/h6-7,9,13,15H,3-5,8,10H2,1-2H3. The van der Waals surface area contributed by atoms with Crippen molar-refractivity contribution in [3.05, 3.63) is 24.0 Å². The molecule has 1 N–H and O–H groups in total. The fraction of sp³-hybridized carbons (Fsp3) is 0.615. The number of aryl methyl sites for hydroxylation is 1. The molecule has 1 aromatic rings. The fourth-order valence-electron chi connectivity index (χ4n) is 2.21. The summed E-state index contributed by atoms with van der Waals surface area (Å²) in [7, 11) is 2.22. The van der Waals surface area contributed by atoms with Crippen LogP contribution in [0.2, 0.25) is 0 Å². The van der Waals surface area contributed by atoms with E-state index in [0.29, 0.717) is 6.04 Å². The predicted molar refractivity (Wildman–Crippen MR) is 67.7 cm³/mol. The molecule has 0 radical (unpaired) electrons. The van der Waals surface area contributed by atoms with E-state index < -0.39 is 0 Å². The van der Waals surface area contributed by atoms with E-state index in [1.165, 1.54) is 25.8 Å². The average Bonchev–Trinajstić information content (AvgIpc) is 2.30.